The molecule has 0 aromatic heterocycles. The van der Waals surface area contributed by atoms with Crippen LogP contribution in [0.1, 0.15) is 27.2 Å². The molecule has 1 fully saturated rings. The highest BCUT2D eigenvalue weighted by molar-refractivity contribution is 9.10. The Morgan fingerprint density at radius 1 is 1.57 bits per heavy atom. The number of nitrogens with one attached hydrogen (secondary N) is 1. The van der Waals surface area contributed by atoms with Gasteiger partial charge in [-0.2, -0.15) is 0 Å². The number of hydrogen-bond acceptors (Lipinski definition) is 2. The Hall–Kier alpha value is -0.0900. The molecule has 14 heavy (non-hydrogen) atoms. The molecule has 0 radical (unpaired) electrons. The van der Waals surface area contributed by atoms with Crippen molar-refractivity contribution in [1.82, 2.24) is 5.32 Å². The third-order valence-electron chi connectivity index (χ3n) is 2.48. The summed E-state index contributed by atoms with van der Waals surface area (Å²) in [4.78, 5) is 11.6. The second-order valence-electron chi connectivity index (χ2n) is 4.50. The van der Waals surface area contributed by atoms with Gasteiger partial charge < -0.3 is 10.1 Å². The zero-order valence-electron chi connectivity index (χ0n) is 8.97. The molecule has 0 aliphatic carbocycles. The highest BCUT2D eigenvalue weighted by Crippen LogP contribution is 2.20. The predicted molar refractivity (Wildman–Crippen MR) is 59.5 cm³/mol. The molecular formula is C10H18BrNO2. The van der Waals surface area contributed by atoms with Crippen LogP contribution in [0, 0.1) is 5.92 Å². The van der Waals surface area contributed by atoms with Gasteiger partial charge in [0.05, 0.1) is 17.0 Å². The van der Waals surface area contributed by atoms with Crippen LogP contribution < -0.4 is 5.32 Å². The Morgan fingerprint density at radius 2 is 2.21 bits per heavy atom. The van der Waals surface area contributed by atoms with Gasteiger partial charge in [0.1, 0.15) is 0 Å². The minimum Gasteiger partial charge on any atom is -0.379 e. The number of carbonyl (C=O) groups is 1. The fourth-order valence-corrected chi connectivity index (χ4v) is 1.55. The molecule has 1 N–H and O–H groups in total. The highest BCUT2D eigenvalue weighted by Gasteiger charge is 2.33. The molecule has 0 aromatic rings. The van der Waals surface area contributed by atoms with Crippen LogP contribution in [-0.2, 0) is 9.53 Å². The zero-order valence-corrected chi connectivity index (χ0v) is 10.6. The number of rotatable bonds is 3. The van der Waals surface area contributed by atoms with E-state index >= 15 is 0 Å². The van der Waals surface area contributed by atoms with Gasteiger partial charge >= 0.3 is 0 Å². The Labute approximate surface area is 93.7 Å². The molecule has 3 nitrogen and oxygen atoms in total. The molecule has 1 aliphatic heterocycles. The fourth-order valence-electron chi connectivity index (χ4n) is 1.43. The summed E-state index contributed by atoms with van der Waals surface area (Å²) in [6, 6.07) is 0. The minimum atomic E-state index is -0.169. The number of ether oxygens (including phenoxy) is 1. The lowest BCUT2D eigenvalue weighted by molar-refractivity contribution is -0.122. The highest BCUT2D eigenvalue weighted by atomic mass is 79.9. The number of carbonyl (C=O) groups excluding carboxylic acids is 1. The molecule has 82 valence electrons. The summed E-state index contributed by atoms with van der Waals surface area (Å²) in [6.07, 6.45) is 0.899. The van der Waals surface area contributed by atoms with Crippen LogP contribution in [-0.4, -0.2) is 29.5 Å². The maximum atomic E-state index is 11.7. The standard InChI is InChI=1S/C10H18BrNO2/c1-7(2)8(11)9(13)12-10(3)4-5-14-6-10/h7-8H,4-6H2,1-3H3,(H,12,13). The molecule has 1 aliphatic rings. The molecule has 0 aromatic carbocycles. The second-order valence-corrected chi connectivity index (χ2v) is 5.48. The molecule has 1 saturated heterocycles. The Bertz CT molecular complexity index is 212. The van der Waals surface area contributed by atoms with Gasteiger partial charge in [-0.25, -0.2) is 0 Å². The van der Waals surface area contributed by atoms with Crippen LogP contribution in [0.4, 0.5) is 0 Å². The van der Waals surface area contributed by atoms with E-state index in [0.29, 0.717) is 12.5 Å². The van der Waals surface area contributed by atoms with Crippen molar-refractivity contribution in [2.24, 2.45) is 5.92 Å². The molecule has 2 atom stereocenters. The van der Waals surface area contributed by atoms with Crippen LogP contribution in [0.3, 0.4) is 0 Å². The summed E-state index contributed by atoms with van der Waals surface area (Å²) >= 11 is 3.39. The molecule has 1 heterocycles. The van der Waals surface area contributed by atoms with Gasteiger partial charge in [0.15, 0.2) is 0 Å². The average Bonchev–Trinajstić information content (AvgIpc) is 2.50. The lowest BCUT2D eigenvalue weighted by atomic mass is 10.0. The van der Waals surface area contributed by atoms with Crippen molar-refractivity contribution in [2.45, 2.75) is 37.6 Å². The Morgan fingerprint density at radius 3 is 2.64 bits per heavy atom. The third-order valence-corrected chi connectivity index (χ3v) is 3.95. The van der Waals surface area contributed by atoms with E-state index in [1.165, 1.54) is 0 Å². The van der Waals surface area contributed by atoms with Gasteiger partial charge in [0, 0.05) is 6.61 Å². The minimum absolute atomic E-state index is 0.0630. The van der Waals surface area contributed by atoms with Gasteiger partial charge in [-0.05, 0) is 19.3 Å². The Kier molecular flexibility index (Phi) is 3.95. The maximum Gasteiger partial charge on any atom is 0.234 e. The van der Waals surface area contributed by atoms with Gasteiger partial charge in [-0.3, -0.25) is 4.79 Å². The van der Waals surface area contributed by atoms with E-state index in [2.05, 4.69) is 21.2 Å². The summed E-state index contributed by atoms with van der Waals surface area (Å²) < 4.78 is 5.27. The van der Waals surface area contributed by atoms with E-state index in [4.69, 9.17) is 4.74 Å². The van der Waals surface area contributed by atoms with Crippen LogP contribution in [0.5, 0.6) is 0 Å². The average molecular weight is 264 g/mol. The molecule has 1 rings (SSSR count). The first-order valence-corrected chi connectivity index (χ1v) is 5.90. The van der Waals surface area contributed by atoms with Crippen molar-refractivity contribution in [1.29, 1.82) is 0 Å². The van der Waals surface area contributed by atoms with E-state index < -0.39 is 0 Å². The number of alkyl halides is 1. The molecular weight excluding hydrogens is 246 g/mol. The fraction of sp³-hybridized carbons (Fsp3) is 0.900. The predicted octanol–water partition coefficient (Wildman–Crippen LogP) is 1.70. The number of amides is 1. The topological polar surface area (TPSA) is 38.3 Å². The van der Waals surface area contributed by atoms with Crippen molar-refractivity contribution in [3.8, 4) is 0 Å². The molecule has 4 heteroatoms. The lowest BCUT2D eigenvalue weighted by Crippen LogP contribution is -2.49. The summed E-state index contributed by atoms with van der Waals surface area (Å²) in [5.74, 6) is 0.369. The summed E-state index contributed by atoms with van der Waals surface area (Å²) in [7, 11) is 0. The first-order valence-electron chi connectivity index (χ1n) is 4.98. The molecule has 2 unspecified atom stereocenters. The largest absolute Gasteiger partial charge is 0.379 e. The van der Waals surface area contributed by atoms with Crippen LogP contribution in [0.2, 0.25) is 0 Å². The van der Waals surface area contributed by atoms with Crippen LogP contribution in [0.25, 0.3) is 0 Å². The molecule has 0 bridgehead atoms. The molecule has 0 saturated carbocycles. The second kappa shape index (κ2) is 4.62. The molecule has 0 spiro atoms. The van der Waals surface area contributed by atoms with E-state index in [1.807, 2.05) is 20.8 Å². The van der Waals surface area contributed by atoms with Gasteiger partial charge in [-0.15, -0.1) is 0 Å². The number of hydrogen-bond donors (Lipinski definition) is 1. The van der Waals surface area contributed by atoms with Gasteiger partial charge in [0.2, 0.25) is 5.91 Å². The zero-order chi connectivity index (χ0) is 10.8. The Balaban J connectivity index is 2.47. The third kappa shape index (κ3) is 2.95. The van der Waals surface area contributed by atoms with Gasteiger partial charge in [-0.1, -0.05) is 29.8 Å². The van der Waals surface area contributed by atoms with Crippen molar-refractivity contribution in [3.05, 3.63) is 0 Å². The maximum absolute atomic E-state index is 11.7. The first kappa shape index (κ1) is 12.0. The normalized spacial score (nSPS) is 29.2. The van der Waals surface area contributed by atoms with Crippen molar-refractivity contribution >= 4 is 21.8 Å². The van der Waals surface area contributed by atoms with E-state index in [1.54, 1.807) is 0 Å². The first-order chi connectivity index (χ1) is 6.44. The number of halogens is 1. The van der Waals surface area contributed by atoms with Crippen LogP contribution >= 0.6 is 15.9 Å². The van der Waals surface area contributed by atoms with Gasteiger partial charge in [0.25, 0.3) is 0 Å². The van der Waals surface area contributed by atoms with Crippen molar-refractivity contribution in [3.63, 3.8) is 0 Å². The monoisotopic (exact) mass is 263 g/mol. The quantitative estimate of drug-likeness (QED) is 0.788. The SMILES string of the molecule is CC(C)C(Br)C(=O)NC1(C)CCOC1. The van der Waals surface area contributed by atoms with Crippen molar-refractivity contribution < 1.29 is 9.53 Å². The molecule has 1 amide bonds. The van der Waals surface area contributed by atoms with E-state index in [9.17, 15) is 4.79 Å². The van der Waals surface area contributed by atoms with Crippen LogP contribution in [0.15, 0.2) is 0 Å². The van der Waals surface area contributed by atoms with E-state index in [0.717, 1.165) is 13.0 Å². The summed E-state index contributed by atoms with van der Waals surface area (Å²) in [6.45, 7) is 7.43. The summed E-state index contributed by atoms with van der Waals surface area (Å²) in [5, 5.41) is 3.03. The summed E-state index contributed by atoms with van der Waals surface area (Å²) in [5.41, 5.74) is -0.169. The van der Waals surface area contributed by atoms with E-state index in [-0.39, 0.29) is 16.3 Å². The lowest BCUT2D eigenvalue weighted by Gasteiger charge is -2.26. The smallest absolute Gasteiger partial charge is 0.234 e. The van der Waals surface area contributed by atoms with Crippen molar-refractivity contribution in [2.75, 3.05) is 13.2 Å².